The SMILES string of the molecule is COc1cccc(C(=O)N2CCN(C(=O)Nc3ccc4nc(C(C)C)sc4c3)CC2)c1. The second kappa shape index (κ2) is 8.93. The molecule has 8 heteroatoms. The van der Waals surface area contributed by atoms with E-state index in [-0.39, 0.29) is 11.9 Å². The number of nitrogens with one attached hydrogen (secondary N) is 1. The van der Waals surface area contributed by atoms with Gasteiger partial charge in [0.15, 0.2) is 0 Å². The van der Waals surface area contributed by atoms with E-state index in [2.05, 4.69) is 24.1 Å². The Morgan fingerprint density at radius 2 is 1.81 bits per heavy atom. The van der Waals surface area contributed by atoms with Crippen LogP contribution in [0.15, 0.2) is 42.5 Å². The smallest absolute Gasteiger partial charge is 0.321 e. The maximum Gasteiger partial charge on any atom is 0.321 e. The van der Waals surface area contributed by atoms with Crippen molar-refractivity contribution in [3.05, 3.63) is 53.0 Å². The summed E-state index contributed by atoms with van der Waals surface area (Å²) in [6.07, 6.45) is 0. The molecule has 1 aliphatic heterocycles. The molecule has 2 aromatic carbocycles. The van der Waals surface area contributed by atoms with Crippen LogP contribution < -0.4 is 10.1 Å². The van der Waals surface area contributed by atoms with Gasteiger partial charge in [-0.05, 0) is 36.4 Å². The number of methoxy groups -OCH3 is 1. The molecule has 7 nitrogen and oxygen atoms in total. The van der Waals surface area contributed by atoms with Crippen molar-refractivity contribution in [1.82, 2.24) is 14.8 Å². The van der Waals surface area contributed by atoms with E-state index in [1.165, 1.54) is 0 Å². The summed E-state index contributed by atoms with van der Waals surface area (Å²) in [6, 6.07) is 12.8. The van der Waals surface area contributed by atoms with E-state index in [1.54, 1.807) is 46.4 Å². The zero-order valence-electron chi connectivity index (χ0n) is 17.9. The molecule has 0 aliphatic carbocycles. The van der Waals surface area contributed by atoms with E-state index < -0.39 is 0 Å². The second-order valence-corrected chi connectivity index (χ2v) is 8.89. The first-order valence-corrected chi connectivity index (χ1v) is 11.2. The lowest BCUT2D eigenvalue weighted by Gasteiger charge is -2.34. The highest BCUT2D eigenvalue weighted by atomic mass is 32.1. The average Bonchev–Trinajstić information content (AvgIpc) is 3.22. The lowest BCUT2D eigenvalue weighted by Crippen LogP contribution is -2.51. The van der Waals surface area contributed by atoms with Gasteiger partial charge in [0.05, 0.1) is 22.3 Å². The van der Waals surface area contributed by atoms with Gasteiger partial charge < -0.3 is 19.9 Å². The van der Waals surface area contributed by atoms with Crippen molar-refractivity contribution in [2.75, 3.05) is 38.6 Å². The van der Waals surface area contributed by atoms with E-state index in [0.29, 0.717) is 43.4 Å². The number of carbonyl (C=O) groups is 2. The molecule has 162 valence electrons. The summed E-state index contributed by atoms with van der Waals surface area (Å²) in [4.78, 5) is 33.6. The number of fused-ring (bicyclic) bond motifs is 1. The molecule has 0 radical (unpaired) electrons. The second-order valence-electron chi connectivity index (χ2n) is 7.83. The lowest BCUT2D eigenvalue weighted by molar-refractivity contribution is 0.0671. The Kier molecular flexibility index (Phi) is 6.08. The van der Waals surface area contributed by atoms with Gasteiger partial charge in [-0.1, -0.05) is 19.9 Å². The molecule has 0 bridgehead atoms. The largest absolute Gasteiger partial charge is 0.497 e. The Bertz CT molecular complexity index is 1100. The van der Waals surface area contributed by atoms with E-state index >= 15 is 0 Å². The summed E-state index contributed by atoms with van der Waals surface area (Å²) in [5.74, 6) is 0.990. The van der Waals surface area contributed by atoms with Crippen molar-refractivity contribution >= 4 is 39.2 Å². The highest BCUT2D eigenvalue weighted by Crippen LogP contribution is 2.29. The minimum atomic E-state index is -0.151. The van der Waals surface area contributed by atoms with E-state index in [9.17, 15) is 9.59 Å². The third-order valence-electron chi connectivity index (χ3n) is 5.32. The van der Waals surface area contributed by atoms with Gasteiger partial charge in [-0.3, -0.25) is 4.79 Å². The topological polar surface area (TPSA) is 74.8 Å². The van der Waals surface area contributed by atoms with Gasteiger partial charge in [0.25, 0.3) is 5.91 Å². The van der Waals surface area contributed by atoms with Crippen LogP contribution in [0.25, 0.3) is 10.2 Å². The molecule has 1 aliphatic rings. The van der Waals surface area contributed by atoms with E-state index in [0.717, 1.165) is 20.9 Å². The molecule has 1 saturated heterocycles. The van der Waals surface area contributed by atoms with Crippen LogP contribution in [0.5, 0.6) is 5.75 Å². The minimum Gasteiger partial charge on any atom is -0.497 e. The van der Waals surface area contributed by atoms with Crippen LogP contribution in [0.4, 0.5) is 10.5 Å². The number of hydrogen-bond donors (Lipinski definition) is 1. The van der Waals surface area contributed by atoms with Gasteiger partial charge in [0.1, 0.15) is 5.75 Å². The van der Waals surface area contributed by atoms with Gasteiger partial charge in [-0.2, -0.15) is 0 Å². The van der Waals surface area contributed by atoms with Gasteiger partial charge in [-0.25, -0.2) is 9.78 Å². The lowest BCUT2D eigenvalue weighted by atomic mass is 10.1. The number of hydrogen-bond acceptors (Lipinski definition) is 5. The normalized spacial score (nSPS) is 14.2. The monoisotopic (exact) mass is 438 g/mol. The number of ether oxygens (including phenoxy) is 1. The molecular formula is C23H26N4O3S. The molecule has 0 spiro atoms. The average molecular weight is 439 g/mol. The van der Waals surface area contributed by atoms with Crippen LogP contribution >= 0.6 is 11.3 Å². The van der Waals surface area contributed by atoms with E-state index in [1.807, 2.05) is 24.3 Å². The fourth-order valence-corrected chi connectivity index (χ4v) is 4.53. The quantitative estimate of drug-likeness (QED) is 0.654. The number of benzene rings is 2. The van der Waals surface area contributed by atoms with Gasteiger partial charge in [-0.15, -0.1) is 11.3 Å². The predicted octanol–water partition coefficient (Wildman–Crippen LogP) is 4.42. The Hall–Kier alpha value is -3.13. The zero-order valence-corrected chi connectivity index (χ0v) is 18.7. The molecule has 3 amide bonds. The number of carbonyl (C=O) groups excluding carboxylic acids is 2. The van der Waals surface area contributed by atoms with Crippen molar-refractivity contribution in [3.8, 4) is 5.75 Å². The number of aromatic nitrogens is 1. The maximum absolute atomic E-state index is 12.8. The number of rotatable bonds is 4. The molecule has 31 heavy (non-hydrogen) atoms. The standard InChI is InChI=1S/C23H26N4O3S/c1-15(2)21-25-19-8-7-17(14-20(19)31-21)24-23(29)27-11-9-26(10-12-27)22(28)16-5-4-6-18(13-16)30-3/h4-8,13-15H,9-12H2,1-3H3,(H,24,29). The van der Waals surface area contributed by atoms with Crippen molar-refractivity contribution in [2.24, 2.45) is 0 Å². The Morgan fingerprint density at radius 3 is 2.52 bits per heavy atom. The molecular weight excluding hydrogens is 412 g/mol. The minimum absolute atomic E-state index is 0.0458. The summed E-state index contributed by atoms with van der Waals surface area (Å²) in [5.41, 5.74) is 2.30. The molecule has 1 aromatic heterocycles. The highest BCUT2D eigenvalue weighted by molar-refractivity contribution is 7.18. The summed E-state index contributed by atoms with van der Waals surface area (Å²) >= 11 is 1.66. The molecule has 0 unspecified atom stereocenters. The number of thiazole rings is 1. The number of urea groups is 1. The number of anilines is 1. The first kappa shape index (κ1) is 21.1. The van der Waals surface area contributed by atoms with Crippen LogP contribution in [0.1, 0.15) is 35.1 Å². The summed E-state index contributed by atoms with van der Waals surface area (Å²) < 4.78 is 6.27. The van der Waals surface area contributed by atoms with Crippen LogP contribution in [0, 0.1) is 0 Å². The molecule has 3 aromatic rings. The fourth-order valence-electron chi connectivity index (χ4n) is 3.52. The molecule has 0 saturated carbocycles. The highest BCUT2D eigenvalue weighted by Gasteiger charge is 2.25. The van der Waals surface area contributed by atoms with Crippen LogP contribution in [-0.4, -0.2) is 60.0 Å². The fraction of sp³-hybridized carbons (Fsp3) is 0.348. The Labute approximate surface area is 185 Å². The van der Waals surface area contributed by atoms with Crippen molar-refractivity contribution in [3.63, 3.8) is 0 Å². The molecule has 2 heterocycles. The molecule has 1 N–H and O–H groups in total. The maximum atomic E-state index is 12.8. The molecule has 1 fully saturated rings. The molecule has 4 rings (SSSR count). The number of nitrogens with zero attached hydrogens (tertiary/aromatic N) is 3. The van der Waals surface area contributed by atoms with Crippen LogP contribution in [-0.2, 0) is 0 Å². The predicted molar refractivity (Wildman–Crippen MR) is 123 cm³/mol. The van der Waals surface area contributed by atoms with Crippen molar-refractivity contribution in [2.45, 2.75) is 19.8 Å². The third kappa shape index (κ3) is 4.64. The van der Waals surface area contributed by atoms with E-state index in [4.69, 9.17) is 4.74 Å². The summed E-state index contributed by atoms with van der Waals surface area (Å²) in [6.45, 7) is 6.21. The van der Waals surface area contributed by atoms with Gasteiger partial charge >= 0.3 is 6.03 Å². The molecule has 0 atom stereocenters. The Morgan fingerprint density at radius 1 is 1.06 bits per heavy atom. The summed E-state index contributed by atoms with van der Waals surface area (Å²) in [5, 5.41) is 4.07. The van der Waals surface area contributed by atoms with Crippen molar-refractivity contribution < 1.29 is 14.3 Å². The number of amides is 3. The van der Waals surface area contributed by atoms with Gasteiger partial charge in [0.2, 0.25) is 0 Å². The third-order valence-corrected chi connectivity index (χ3v) is 6.64. The van der Waals surface area contributed by atoms with Crippen LogP contribution in [0.2, 0.25) is 0 Å². The van der Waals surface area contributed by atoms with Gasteiger partial charge in [0, 0.05) is 43.3 Å². The first-order valence-electron chi connectivity index (χ1n) is 10.3. The Balaban J connectivity index is 1.36. The van der Waals surface area contributed by atoms with Crippen LogP contribution in [0.3, 0.4) is 0 Å². The zero-order chi connectivity index (χ0) is 22.0. The van der Waals surface area contributed by atoms with Crippen molar-refractivity contribution in [1.29, 1.82) is 0 Å². The summed E-state index contributed by atoms with van der Waals surface area (Å²) in [7, 11) is 1.58. The first-order chi connectivity index (χ1) is 14.9. The number of piperazine rings is 1.